The highest BCUT2D eigenvalue weighted by atomic mass is 35.5. The fourth-order valence-electron chi connectivity index (χ4n) is 3.87. The lowest BCUT2D eigenvalue weighted by Crippen LogP contribution is -2.59. The van der Waals surface area contributed by atoms with E-state index in [0.29, 0.717) is 11.1 Å². The van der Waals surface area contributed by atoms with Crippen molar-refractivity contribution in [2.45, 2.75) is 38.8 Å². The van der Waals surface area contributed by atoms with Crippen LogP contribution in [0.2, 0.25) is 5.02 Å². The number of nitrogens with zero attached hydrogens (tertiary/aromatic N) is 3. The molecule has 0 spiro atoms. The fraction of sp³-hybridized carbons (Fsp3) is 0.444. The molecule has 2 fully saturated rings. The molecule has 0 bridgehead atoms. The Morgan fingerprint density at radius 1 is 1.26 bits per heavy atom. The number of carbonyl (C=O) groups excluding carboxylic acids is 1. The number of rotatable bonds is 1. The van der Waals surface area contributed by atoms with Crippen LogP contribution in [0, 0.1) is 6.92 Å². The minimum atomic E-state index is -0.159. The predicted octanol–water partition coefficient (Wildman–Crippen LogP) is 3.40. The first-order chi connectivity index (χ1) is 11.0. The van der Waals surface area contributed by atoms with E-state index in [1.807, 2.05) is 30.0 Å². The molecule has 0 N–H and O–H groups in total. The van der Waals surface area contributed by atoms with Gasteiger partial charge in [-0.05, 0) is 50.5 Å². The van der Waals surface area contributed by atoms with Crippen LogP contribution in [0.25, 0.3) is 10.9 Å². The predicted molar refractivity (Wildman–Crippen MR) is 93.0 cm³/mol. The number of hydrogen-bond acceptors (Lipinski definition) is 3. The number of carbonyl (C=O) groups is 1. The molecule has 2 saturated heterocycles. The van der Waals surface area contributed by atoms with Gasteiger partial charge in [-0.25, -0.2) is 4.98 Å². The van der Waals surface area contributed by atoms with Gasteiger partial charge in [-0.1, -0.05) is 17.7 Å². The lowest BCUT2D eigenvalue weighted by molar-refractivity contribution is -0.134. The zero-order chi connectivity index (χ0) is 16.1. The molecule has 23 heavy (non-hydrogen) atoms. The number of benzene rings is 1. The molecular weight excluding hydrogens is 310 g/mol. The molecule has 0 unspecified atom stereocenters. The lowest BCUT2D eigenvalue weighted by atomic mass is 10.1. The third-order valence-electron chi connectivity index (χ3n) is 5.15. The van der Waals surface area contributed by atoms with Gasteiger partial charge < -0.3 is 9.80 Å². The Kier molecular flexibility index (Phi) is 3.45. The van der Waals surface area contributed by atoms with Gasteiger partial charge in [-0.2, -0.15) is 0 Å². The summed E-state index contributed by atoms with van der Waals surface area (Å²) in [6.45, 7) is 5.84. The number of aromatic nitrogens is 1. The van der Waals surface area contributed by atoms with Gasteiger partial charge in [0.15, 0.2) is 0 Å². The molecule has 2 aromatic rings. The molecule has 120 valence electrons. The molecule has 1 amide bonds. The second-order valence-corrected chi connectivity index (χ2v) is 7.05. The Labute approximate surface area is 141 Å². The summed E-state index contributed by atoms with van der Waals surface area (Å²) in [5.74, 6) is 1.11. The quantitative estimate of drug-likeness (QED) is 0.804. The van der Waals surface area contributed by atoms with Crippen molar-refractivity contribution in [1.29, 1.82) is 0 Å². The van der Waals surface area contributed by atoms with Gasteiger partial charge in [0.25, 0.3) is 0 Å². The van der Waals surface area contributed by atoms with E-state index in [1.165, 1.54) is 0 Å². The zero-order valence-electron chi connectivity index (χ0n) is 13.4. The summed E-state index contributed by atoms with van der Waals surface area (Å²) < 4.78 is 0. The Morgan fingerprint density at radius 3 is 2.91 bits per heavy atom. The van der Waals surface area contributed by atoms with E-state index >= 15 is 0 Å². The van der Waals surface area contributed by atoms with E-state index in [9.17, 15) is 4.79 Å². The van der Waals surface area contributed by atoms with E-state index in [0.717, 1.165) is 48.2 Å². The van der Waals surface area contributed by atoms with Crippen LogP contribution in [0.4, 0.5) is 5.82 Å². The number of halogens is 1. The molecule has 0 radical (unpaired) electrons. The number of aryl methyl sites for hydroxylation is 1. The molecule has 0 aliphatic carbocycles. The van der Waals surface area contributed by atoms with Gasteiger partial charge >= 0.3 is 0 Å². The third kappa shape index (κ3) is 2.36. The SMILES string of the molecule is Cc1cc(N2C[C@@H]3CCCN3C(=O)[C@H]2C)nc2cc(Cl)ccc12. The summed E-state index contributed by atoms with van der Waals surface area (Å²) >= 11 is 6.12. The van der Waals surface area contributed by atoms with E-state index in [1.54, 1.807) is 0 Å². The van der Waals surface area contributed by atoms with Crippen molar-refractivity contribution in [3.63, 3.8) is 0 Å². The van der Waals surface area contributed by atoms with E-state index in [4.69, 9.17) is 16.6 Å². The van der Waals surface area contributed by atoms with Gasteiger partial charge in [0.1, 0.15) is 11.9 Å². The van der Waals surface area contributed by atoms with Gasteiger partial charge in [0.05, 0.1) is 5.52 Å². The molecule has 2 aliphatic heterocycles. The highest BCUT2D eigenvalue weighted by Crippen LogP contribution is 2.31. The highest BCUT2D eigenvalue weighted by Gasteiger charge is 2.40. The average molecular weight is 330 g/mol. The Morgan fingerprint density at radius 2 is 2.09 bits per heavy atom. The fourth-order valence-corrected chi connectivity index (χ4v) is 4.04. The zero-order valence-corrected chi connectivity index (χ0v) is 14.2. The largest absolute Gasteiger partial charge is 0.343 e. The first-order valence-electron chi connectivity index (χ1n) is 8.18. The Bertz CT molecular complexity index is 791. The molecule has 1 aromatic heterocycles. The molecule has 0 saturated carbocycles. The summed E-state index contributed by atoms with van der Waals surface area (Å²) in [7, 11) is 0. The first-order valence-corrected chi connectivity index (χ1v) is 8.56. The third-order valence-corrected chi connectivity index (χ3v) is 5.39. The molecule has 4 rings (SSSR count). The smallest absolute Gasteiger partial charge is 0.245 e. The van der Waals surface area contributed by atoms with Crippen LogP contribution in [0.5, 0.6) is 0 Å². The van der Waals surface area contributed by atoms with Crippen LogP contribution < -0.4 is 4.90 Å². The molecule has 5 heteroatoms. The maximum absolute atomic E-state index is 12.6. The standard InChI is InChI=1S/C18H20ClN3O/c1-11-8-17(20-16-9-13(19)5-6-15(11)16)22-10-14-4-3-7-21(14)18(23)12(22)2/h5-6,8-9,12,14H,3-4,7,10H2,1-2H3/t12-,14+/m1/s1. The minimum absolute atomic E-state index is 0.159. The molecule has 2 atom stereocenters. The first kappa shape index (κ1) is 14.8. The Balaban J connectivity index is 1.77. The molecule has 4 nitrogen and oxygen atoms in total. The van der Waals surface area contributed by atoms with Crippen LogP contribution in [0.15, 0.2) is 24.3 Å². The van der Waals surface area contributed by atoms with Crippen molar-refractivity contribution in [1.82, 2.24) is 9.88 Å². The van der Waals surface area contributed by atoms with Crippen LogP contribution in [-0.2, 0) is 4.79 Å². The molecule has 3 heterocycles. The summed E-state index contributed by atoms with van der Waals surface area (Å²) in [6.07, 6.45) is 2.20. The maximum atomic E-state index is 12.6. The molecule has 2 aliphatic rings. The van der Waals surface area contributed by atoms with Gasteiger partial charge in [-0.3, -0.25) is 4.79 Å². The van der Waals surface area contributed by atoms with Crippen molar-refractivity contribution in [3.05, 3.63) is 34.9 Å². The normalized spacial score (nSPS) is 24.4. The topological polar surface area (TPSA) is 36.4 Å². The summed E-state index contributed by atoms with van der Waals surface area (Å²) in [4.78, 5) is 21.6. The van der Waals surface area contributed by atoms with Crippen molar-refractivity contribution in [2.24, 2.45) is 0 Å². The van der Waals surface area contributed by atoms with E-state index in [2.05, 4.69) is 17.9 Å². The number of pyridine rings is 1. The Hall–Kier alpha value is -1.81. The summed E-state index contributed by atoms with van der Waals surface area (Å²) in [6, 6.07) is 8.05. The monoisotopic (exact) mass is 329 g/mol. The van der Waals surface area contributed by atoms with Crippen molar-refractivity contribution in [3.8, 4) is 0 Å². The summed E-state index contributed by atoms with van der Waals surface area (Å²) in [5, 5.41) is 1.79. The number of fused-ring (bicyclic) bond motifs is 2. The number of piperazine rings is 1. The van der Waals surface area contributed by atoms with E-state index in [-0.39, 0.29) is 11.9 Å². The molecule has 1 aromatic carbocycles. The second-order valence-electron chi connectivity index (χ2n) is 6.61. The maximum Gasteiger partial charge on any atom is 0.245 e. The highest BCUT2D eigenvalue weighted by molar-refractivity contribution is 6.31. The van der Waals surface area contributed by atoms with E-state index < -0.39 is 0 Å². The number of amides is 1. The van der Waals surface area contributed by atoms with Gasteiger partial charge in [0, 0.05) is 29.5 Å². The number of hydrogen-bond donors (Lipinski definition) is 0. The average Bonchev–Trinajstić information content (AvgIpc) is 2.99. The van der Waals surface area contributed by atoms with Crippen molar-refractivity contribution < 1.29 is 4.79 Å². The minimum Gasteiger partial charge on any atom is -0.343 e. The molecular formula is C18H20ClN3O. The van der Waals surface area contributed by atoms with Crippen LogP contribution in [0.1, 0.15) is 25.3 Å². The number of anilines is 1. The van der Waals surface area contributed by atoms with Crippen LogP contribution in [-0.4, -0.2) is 41.0 Å². The second kappa shape index (κ2) is 5.38. The van der Waals surface area contributed by atoms with Crippen LogP contribution in [0.3, 0.4) is 0 Å². The van der Waals surface area contributed by atoms with Crippen molar-refractivity contribution >= 4 is 34.2 Å². The van der Waals surface area contributed by atoms with Gasteiger partial charge in [-0.15, -0.1) is 0 Å². The van der Waals surface area contributed by atoms with Crippen molar-refractivity contribution in [2.75, 3.05) is 18.0 Å². The summed E-state index contributed by atoms with van der Waals surface area (Å²) in [5.41, 5.74) is 2.05. The van der Waals surface area contributed by atoms with Crippen LogP contribution >= 0.6 is 11.6 Å². The van der Waals surface area contributed by atoms with Gasteiger partial charge in [0.2, 0.25) is 5.91 Å². The lowest BCUT2D eigenvalue weighted by Gasteiger charge is -2.42.